The first-order chi connectivity index (χ1) is 9.22. The minimum absolute atomic E-state index is 0.654. The molecule has 19 heavy (non-hydrogen) atoms. The summed E-state index contributed by atoms with van der Waals surface area (Å²) in [5.74, 6) is 0.868. The zero-order valence-corrected chi connectivity index (χ0v) is 11.8. The molecule has 6 heteroatoms. The third-order valence-electron chi connectivity index (χ3n) is 3.61. The molecule has 0 atom stereocenters. The number of aromatic nitrogens is 3. The Morgan fingerprint density at radius 2 is 2.05 bits per heavy atom. The maximum absolute atomic E-state index is 6.10. The first-order valence-corrected chi connectivity index (χ1v) is 7.01. The van der Waals surface area contributed by atoms with E-state index in [-0.39, 0.29) is 0 Å². The Morgan fingerprint density at radius 3 is 2.79 bits per heavy atom. The molecule has 3 rings (SSSR count). The molecule has 102 valence electrons. The lowest BCUT2D eigenvalue weighted by atomic mass is 10.3. The third-order valence-corrected chi connectivity index (χ3v) is 3.90. The predicted molar refractivity (Wildman–Crippen MR) is 75.6 cm³/mol. The summed E-state index contributed by atoms with van der Waals surface area (Å²) in [7, 11) is 2.17. The van der Waals surface area contributed by atoms with Crippen molar-refractivity contribution in [2.75, 3.05) is 39.8 Å². The van der Waals surface area contributed by atoms with Crippen LogP contribution in [0.4, 0.5) is 0 Å². The molecule has 0 aromatic carbocycles. The number of nitrogens with zero attached hydrogens (tertiary/aromatic N) is 5. The van der Waals surface area contributed by atoms with Gasteiger partial charge in [0.15, 0.2) is 11.5 Å². The van der Waals surface area contributed by atoms with Crippen LogP contribution in [0.5, 0.6) is 0 Å². The lowest BCUT2D eigenvalue weighted by molar-refractivity contribution is 0.155. The highest BCUT2D eigenvalue weighted by atomic mass is 35.5. The molecule has 2 aromatic rings. The van der Waals surface area contributed by atoms with Crippen molar-refractivity contribution in [3.63, 3.8) is 0 Å². The molecule has 0 amide bonds. The van der Waals surface area contributed by atoms with E-state index >= 15 is 0 Å². The van der Waals surface area contributed by atoms with Gasteiger partial charge in [0.25, 0.3) is 0 Å². The highest BCUT2D eigenvalue weighted by molar-refractivity contribution is 6.33. The average Bonchev–Trinajstić information content (AvgIpc) is 2.83. The molecule has 5 nitrogen and oxygen atoms in total. The van der Waals surface area contributed by atoms with Crippen LogP contribution in [0, 0.1) is 0 Å². The lowest BCUT2D eigenvalue weighted by Crippen LogP contribution is -2.45. The van der Waals surface area contributed by atoms with Gasteiger partial charge in [-0.3, -0.25) is 0 Å². The normalized spacial score (nSPS) is 18.2. The predicted octanol–water partition coefficient (Wildman–Crippen LogP) is 1.17. The minimum atomic E-state index is 0.654. The average molecular weight is 280 g/mol. The molecule has 0 N–H and O–H groups in total. The van der Waals surface area contributed by atoms with Gasteiger partial charge in [0, 0.05) is 45.3 Å². The molecule has 2 aromatic heterocycles. The molecule has 0 bridgehead atoms. The number of hydrogen-bond donors (Lipinski definition) is 0. The Kier molecular flexibility index (Phi) is 3.68. The first kappa shape index (κ1) is 12.8. The van der Waals surface area contributed by atoms with Crippen molar-refractivity contribution in [1.29, 1.82) is 0 Å². The molecule has 3 heterocycles. The second-order valence-corrected chi connectivity index (χ2v) is 5.45. The number of hydrogen-bond acceptors (Lipinski definition) is 4. The molecule has 1 aliphatic rings. The number of piperazine rings is 1. The number of fused-ring (bicyclic) bond motifs is 1. The van der Waals surface area contributed by atoms with Crippen LogP contribution in [0.25, 0.3) is 5.65 Å². The Morgan fingerprint density at radius 1 is 1.26 bits per heavy atom. The fraction of sp³-hybridized carbons (Fsp3) is 0.538. The molecule has 1 fully saturated rings. The summed E-state index contributed by atoms with van der Waals surface area (Å²) < 4.78 is 1.75. The van der Waals surface area contributed by atoms with Crippen LogP contribution in [-0.2, 0) is 6.42 Å². The van der Waals surface area contributed by atoms with Crippen LogP contribution < -0.4 is 0 Å². The van der Waals surface area contributed by atoms with Gasteiger partial charge in [-0.1, -0.05) is 11.6 Å². The number of halogens is 1. The molecule has 0 spiro atoms. The SMILES string of the molecule is CN1CCN(CCc2nc3c(Cl)cccn3n2)CC1. The summed E-state index contributed by atoms with van der Waals surface area (Å²) in [5.41, 5.74) is 0.748. The number of likely N-dealkylation sites (N-methyl/N-ethyl adjacent to an activating group) is 1. The van der Waals surface area contributed by atoms with Crippen molar-refractivity contribution in [2.45, 2.75) is 6.42 Å². The van der Waals surface area contributed by atoms with Gasteiger partial charge in [-0.05, 0) is 19.2 Å². The number of pyridine rings is 1. The molecule has 1 aliphatic heterocycles. The van der Waals surface area contributed by atoms with Gasteiger partial charge in [-0.25, -0.2) is 9.50 Å². The van der Waals surface area contributed by atoms with E-state index in [2.05, 4.69) is 26.9 Å². The van der Waals surface area contributed by atoms with Gasteiger partial charge in [0.05, 0.1) is 5.02 Å². The number of rotatable bonds is 3. The molecular weight excluding hydrogens is 262 g/mol. The van der Waals surface area contributed by atoms with Crippen molar-refractivity contribution in [2.24, 2.45) is 0 Å². The van der Waals surface area contributed by atoms with Gasteiger partial charge in [0.2, 0.25) is 0 Å². The second-order valence-electron chi connectivity index (χ2n) is 5.05. The summed E-state index contributed by atoms with van der Waals surface area (Å²) in [6.45, 7) is 5.56. The largest absolute Gasteiger partial charge is 0.304 e. The lowest BCUT2D eigenvalue weighted by Gasteiger charge is -2.31. The zero-order chi connectivity index (χ0) is 13.2. The Labute approximate surface area is 117 Å². The highest BCUT2D eigenvalue weighted by Gasteiger charge is 2.14. The van der Waals surface area contributed by atoms with Crippen LogP contribution >= 0.6 is 11.6 Å². The smallest absolute Gasteiger partial charge is 0.174 e. The van der Waals surface area contributed by atoms with E-state index in [4.69, 9.17) is 11.6 Å². The third kappa shape index (κ3) is 2.88. The van der Waals surface area contributed by atoms with Crippen LogP contribution in [0.2, 0.25) is 5.02 Å². The quantitative estimate of drug-likeness (QED) is 0.845. The summed E-state index contributed by atoms with van der Waals surface area (Å²) in [6.07, 6.45) is 2.76. The Bertz CT molecular complexity index is 559. The van der Waals surface area contributed by atoms with E-state index < -0.39 is 0 Å². The molecule has 0 radical (unpaired) electrons. The zero-order valence-electron chi connectivity index (χ0n) is 11.1. The maximum atomic E-state index is 6.10. The summed E-state index contributed by atoms with van der Waals surface area (Å²) in [6, 6.07) is 3.73. The van der Waals surface area contributed by atoms with Crippen molar-refractivity contribution in [3.8, 4) is 0 Å². The van der Waals surface area contributed by atoms with Gasteiger partial charge in [-0.15, -0.1) is 0 Å². The monoisotopic (exact) mass is 279 g/mol. The molecule has 0 unspecified atom stereocenters. The summed E-state index contributed by atoms with van der Waals surface area (Å²) >= 11 is 6.10. The van der Waals surface area contributed by atoms with Crippen LogP contribution in [0.1, 0.15) is 5.82 Å². The van der Waals surface area contributed by atoms with Crippen LogP contribution in [-0.4, -0.2) is 64.2 Å². The van der Waals surface area contributed by atoms with Gasteiger partial charge in [0.1, 0.15) is 0 Å². The fourth-order valence-corrected chi connectivity index (χ4v) is 2.55. The Balaban J connectivity index is 1.64. The van der Waals surface area contributed by atoms with E-state index in [1.54, 1.807) is 4.52 Å². The molecule has 1 saturated heterocycles. The Hall–Kier alpha value is -1.17. The van der Waals surface area contributed by atoms with Crippen molar-refractivity contribution in [3.05, 3.63) is 29.2 Å². The molecule has 0 saturated carbocycles. The van der Waals surface area contributed by atoms with Gasteiger partial charge in [-0.2, -0.15) is 5.10 Å². The van der Waals surface area contributed by atoms with Crippen molar-refractivity contribution < 1.29 is 0 Å². The highest BCUT2D eigenvalue weighted by Crippen LogP contribution is 2.14. The van der Waals surface area contributed by atoms with E-state index in [1.165, 1.54) is 0 Å². The maximum Gasteiger partial charge on any atom is 0.174 e. The second kappa shape index (κ2) is 5.45. The topological polar surface area (TPSA) is 36.7 Å². The van der Waals surface area contributed by atoms with E-state index in [0.717, 1.165) is 50.6 Å². The van der Waals surface area contributed by atoms with E-state index in [9.17, 15) is 0 Å². The summed E-state index contributed by atoms with van der Waals surface area (Å²) in [5, 5.41) is 5.11. The van der Waals surface area contributed by atoms with Gasteiger partial charge < -0.3 is 9.80 Å². The fourth-order valence-electron chi connectivity index (χ4n) is 2.35. The molecule has 0 aliphatic carbocycles. The van der Waals surface area contributed by atoms with Gasteiger partial charge >= 0.3 is 0 Å². The first-order valence-electron chi connectivity index (χ1n) is 6.63. The standard InChI is InChI=1S/C13H18ClN5/c1-17-7-9-18(10-8-17)6-4-12-15-13-11(14)3-2-5-19(13)16-12/h2-3,5H,4,6-10H2,1H3. The minimum Gasteiger partial charge on any atom is -0.304 e. The van der Waals surface area contributed by atoms with Crippen LogP contribution in [0.3, 0.4) is 0 Å². The van der Waals surface area contributed by atoms with Crippen LogP contribution in [0.15, 0.2) is 18.3 Å². The summed E-state index contributed by atoms with van der Waals surface area (Å²) in [4.78, 5) is 9.32. The molecular formula is C13H18ClN5. The van der Waals surface area contributed by atoms with Crippen molar-refractivity contribution in [1.82, 2.24) is 24.4 Å². The van der Waals surface area contributed by atoms with E-state index in [1.807, 2.05) is 18.3 Å². The van der Waals surface area contributed by atoms with Crippen molar-refractivity contribution >= 4 is 17.2 Å². The van der Waals surface area contributed by atoms with E-state index in [0.29, 0.717) is 5.02 Å².